The van der Waals surface area contributed by atoms with Crippen molar-refractivity contribution in [2.24, 2.45) is 0 Å². The zero-order valence-electron chi connectivity index (χ0n) is 8.55. The van der Waals surface area contributed by atoms with E-state index in [0.29, 0.717) is 16.0 Å². The number of para-hydroxylation sites is 2. The summed E-state index contributed by atoms with van der Waals surface area (Å²) in [6.45, 7) is 0. The Labute approximate surface area is 101 Å². The summed E-state index contributed by atoms with van der Waals surface area (Å²) in [6, 6.07) is 10.3. The van der Waals surface area contributed by atoms with Crippen molar-refractivity contribution in [3.05, 3.63) is 51.4 Å². The van der Waals surface area contributed by atoms with Crippen LogP contribution in [0.4, 0.5) is 0 Å². The first kappa shape index (κ1) is 10.9. The number of benzene rings is 1. The van der Waals surface area contributed by atoms with E-state index in [4.69, 9.17) is 4.74 Å². The van der Waals surface area contributed by atoms with Crippen LogP contribution in [0.2, 0.25) is 0 Å². The van der Waals surface area contributed by atoms with E-state index in [-0.39, 0.29) is 5.56 Å². The van der Waals surface area contributed by atoms with E-state index < -0.39 is 0 Å². The van der Waals surface area contributed by atoms with Crippen LogP contribution in [-0.4, -0.2) is 16.9 Å². The molecule has 0 unspecified atom stereocenters. The zero-order valence-corrected chi connectivity index (χ0v) is 10.1. The van der Waals surface area contributed by atoms with Crippen LogP contribution < -0.4 is 10.3 Å². The average molecular weight is 281 g/mol. The third-order valence-electron chi connectivity index (χ3n) is 2.08. The molecule has 0 fully saturated rings. The molecule has 16 heavy (non-hydrogen) atoms. The average Bonchev–Trinajstić information content (AvgIpc) is 2.32. The highest BCUT2D eigenvalue weighted by Gasteiger charge is 2.07. The van der Waals surface area contributed by atoms with Crippen LogP contribution in [0.1, 0.15) is 0 Å². The van der Waals surface area contributed by atoms with Gasteiger partial charge in [-0.25, -0.2) is 0 Å². The number of rotatable bonds is 2. The van der Waals surface area contributed by atoms with Crippen molar-refractivity contribution >= 4 is 15.9 Å². The molecule has 82 valence electrons. The highest BCUT2D eigenvalue weighted by Crippen LogP contribution is 2.20. The highest BCUT2D eigenvalue weighted by molar-refractivity contribution is 9.10. The highest BCUT2D eigenvalue weighted by atomic mass is 79.9. The number of aromatic nitrogens is 2. The molecule has 0 amide bonds. The molecule has 0 aliphatic carbocycles. The third-order valence-corrected chi connectivity index (χ3v) is 2.50. The maximum absolute atomic E-state index is 11.7. The quantitative estimate of drug-likeness (QED) is 0.845. The lowest BCUT2D eigenvalue weighted by Crippen LogP contribution is -2.20. The van der Waals surface area contributed by atoms with Gasteiger partial charge in [-0.15, -0.1) is 0 Å². The number of ether oxygens (including phenoxy) is 1. The van der Waals surface area contributed by atoms with Crippen LogP contribution in [0.3, 0.4) is 0 Å². The fraction of sp³-hybridized carbons (Fsp3) is 0.0909. The summed E-state index contributed by atoms with van der Waals surface area (Å²) in [5, 5.41) is 4.09. The van der Waals surface area contributed by atoms with Gasteiger partial charge < -0.3 is 4.74 Å². The maximum atomic E-state index is 11.7. The van der Waals surface area contributed by atoms with E-state index in [1.165, 1.54) is 10.7 Å². The van der Waals surface area contributed by atoms with Gasteiger partial charge in [0.15, 0.2) is 0 Å². The van der Waals surface area contributed by atoms with Crippen molar-refractivity contribution in [2.45, 2.75) is 0 Å². The topological polar surface area (TPSA) is 44.1 Å². The maximum Gasteiger partial charge on any atom is 0.271 e. The van der Waals surface area contributed by atoms with E-state index in [9.17, 15) is 4.79 Å². The van der Waals surface area contributed by atoms with Crippen molar-refractivity contribution in [1.29, 1.82) is 0 Å². The summed E-state index contributed by atoms with van der Waals surface area (Å²) in [6.07, 6.45) is 0. The molecule has 1 aromatic carbocycles. The molecular weight excluding hydrogens is 272 g/mol. The van der Waals surface area contributed by atoms with Gasteiger partial charge in [-0.05, 0) is 34.1 Å². The molecule has 0 aliphatic heterocycles. The summed E-state index contributed by atoms with van der Waals surface area (Å²) in [7, 11) is 1.56. The second kappa shape index (κ2) is 4.49. The molecule has 0 atom stereocenters. The van der Waals surface area contributed by atoms with Crippen molar-refractivity contribution < 1.29 is 4.74 Å². The van der Waals surface area contributed by atoms with Crippen molar-refractivity contribution in [3.8, 4) is 11.4 Å². The summed E-state index contributed by atoms with van der Waals surface area (Å²) in [5.74, 6) is 0.607. The van der Waals surface area contributed by atoms with Gasteiger partial charge in [-0.3, -0.25) is 4.79 Å². The molecule has 0 saturated heterocycles. The predicted octanol–water partition coefficient (Wildman–Crippen LogP) is 2.00. The first-order valence-corrected chi connectivity index (χ1v) is 5.41. The summed E-state index contributed by atoms with van der Waals surface area (Å²) < 4.78 is 7.07. The molecule has 4 nitrogen and oxygen atoms in total. The Balaban J connectivity index is 2.67. The third kappa shape index (κ3) is 1.99. The Kier molecular flexibility index (Phi) is 3.05. The summed E-state index contributed by atoms with van der Waals surface area (Å²) >= 11 is 3.23. The lowest BCUT2D eigenvalue weighted by molar-refractivity contribution is 0.411. The Morgan fingerprint density at radius 2 is 2.00 bits per heavy atom. The fourth-order valence-electron chi connectivity index (χ4n) is 1.37. The second-order valence-electron chi connectivity index (χ2n) is 3.08. The number of nitrogens with zero attached hydrogens (tertiary/aromatic N) is 2. The molecule has 0 aliphatic rings. The SMILES string of the molecule is COc1ccccc1-n1nc(Br)ccc1=O. The van der Waals surface area contributed by atoms with Crippen molar-refractivity contribution in [2.75, 3.05) is 7.11 Å². The van der Waals surface area contributed by atoms with Gasteiger partial charge in [0.2, 0.25) is 0 Å². The van der Waals surface area contributed by atoms with Gasteiger partial charge in [-0.2, -0.15) is 9.78 Å². The molecule has 0 saturated carbocycles. The summed E-state index contributed by atoms with van der Waals surface area (Å²) in [5.41, 5.74) is 0.420. The van der Waals surface area contributed by atoms with Crippen LogP contribution in [0, 0.1) is 0 Å². The van der Waals surface area contributed by atoms with Crippen molar-refractivity contribution in [1.82, 2.24) is 9.78 Å². The first-order chi connectivity index (χ1) is 7.72. The molecule has 0 radical (unpaired) electrons. The lowest BCUT2D eigenvalue weighted by Gasteiger charge is -2.09. The van der Waals surface area contributed by atoms with Gasteiger partial charge in [0.25, 0.3) is 5.56 Å². The minimum absolute atomic E-state index is 0.201. The molecule has 0 N–H and O–H groups in total. The number of hydrogen-bond acceptors (Lipinski definition) is 3. The van der Waals surface area contributed by atoms with Crippen LogP contribution >= 0.6 is 15.9 Å². The van der Waals surface area contributed by atoms with Gasteiger partial charge >= 0.3 is 0 Å². The Morgan fingerprint density at radius 3 is 2.75 bits per heavy atom. The molecule has 2 rings (SSSR count). The first-order valence-electron chi connectivity index (χ1n) is 4.61. The lowest BCUT2D eigenvalue weighted by atomic mass is 10.3. The number of halogens is 1. The molecule has 5 heteroatoms. The van der Waals surface area contributed by atoms with Crippen LogP contribution in [-0.2, 0) is 0 Å². The monoisotopic (exact) mass is 280 g/mol. The van der Waals surface area contributed by atoms with Crippen LogP contribution in [0.25, 0.3) is 5.69 Å². The molecule has 1 aromatic heterocycles. The van der Waals surface area contributed by atoms with Gasteiger partial charge in [0.05, 0.1) is 7.11 Å². The van der Waals surface area contributed by atoms with E-state index in [0.717, 1.165) is 0 Å². The molecule has 0 bridgehead atoms. The summed E-state index contributed by atoms with van der Waals surface area (Å²) in [4.78, 5) is 11.7. The minimum Gasteiger partial charge on any atom is -0.494 e. The molecule has 0 spiro atoms. The number of hydrogen-bond donors (Lipinski definition) is 0. The van der Waals surface area contributed by atoms with E-state index in [1.54, 1.807) is 25.3 Å². The number of methoxy groups -OCH3 is 1. The van der Waals surface area contributed by atoms with E-state index in [2.05, 4.69) is 21.0 Å². The molecule has 2 aromatic rings. The minimum atomic E-state index is -0.201. The Morgan fingerprint density at radius 1 is 1.25 bits per heavy atom. The molecule has 1 heterocycles. The second-order valence-corrected chi connectivity index (χ2v) is 3.89. The molecular formula is C11H9BrN2O2. The van der Waals surface area contributed by atoms with Crippen LogP contribution in [0.5, 0.6) is 5.75 Å². The largest absolute Gasteiger partial charge is 0.494 e. The predicted molar refractivity (Wildman–Crippen MR) is 64.1 cm³/mol. The smallest absolute Gasteiger partial charge is 0.271 e. The normalized spacial score (nSPS) is 10.1. The van der Waals surface area contributed by atoms with Crippen molar-refractivity contribution in [3.63, 3.8) is 0 Å². The van der Waals surface area contributed by atoms with Gasteiger partial charge in [0.1, 0.15) is 16.0 Å². The Hall–Kier alpha value is -1.62. The van der Waals surface area contributed by atoms with Crippen LogP contribution in [0.15, 0.2) is 45.8 Å². The van der Waals surface area contributed by atoms with E-state index in [1.807, 2.05) is 12.1 Å². The Bertz CT molecular complexity index is 566. The van der Waals surface area contributed by atoms with Gasteiger partial charge in [-0.1, -0.05) is 12.1 Å². The zero-order chi connectivity index (χ0) is 11.5. The fourth-order valence-corrected chi connectivity index (χ4v) is 1.66. The standard InChI is InChI=1S/C11H9BrN2O2/c1-16-9-5-3-2-4-8(9)14-11(15)7-6-10(12)13-14/h2-7H,1H3. The van der Waals surface area contributed by atoms with E-state index >= 15 is 0 Å². The van der Waals surface area contributed by atoms with Gasteiger partial charge in [0, 0.05) is 6.07 Å².